The Bertz CT molecular complexity index is 380. The van der Waals surface area contributed by atoms with Crippen molar-refractivity contribution in [3.8, 4) is 0 Å². The van der Waals surface area contributed by atoms with E-state index in [4.69, 9.17) is 4.74 Å². The van der Waals surface area contributed by atoms with Gasteiger partial charge in [0.05, 0.1) is 11.8 Å². The predicted octanol–water partition coefficient (Wildman–Crippen LogP) is 2.33. The number of esters is 1. The maximum Gasteiger partial charge on any atom is 0.325 e. The van der Waals surface area contributed by atoms with Gasteiger partial charge in [0, 0.05) is 0 Å². The minimum Gasteiger partial charge on any atom is -0.462 e. The van der Waals surface area contributed by atoms with Crippen LogP contribution < -0.4 is 5.32 Å². The van der Waals surface area contributed by atoms with Crippen molar-refractivity contribution in [3.63, 3.8) is 0 Å². The molecule has 1 N–H and O–H groups in total. The number of nitrogens with one attached hydrogen (secondary N) is 1. The molecule has 0 aliphatic heterocycles. The van der Waals surface area contributed by atoms with Crippen LogP contribution in [-0.4, -0.2) is 18.6 Å². The second-order valence-corrected chi connectivity index (χ2v) is 3.49. The van der Waals surface area contributed by atoms with Crippen LogP contribution in [0.5, 0.6) is 0 Å². The summed E-state index contributed by atoms with van der Waals surface area (Å²) in [7, 11) is 0. The molecule has 0 aliphatic carbocycles. The zero-order valence-electron chi connectivity index (χ0n) is 9.09. The molecule has 1 aromatic rings. The van der Waals surface area contributed by atoms with Crippen molar-refractivity contribution < 1.29 is 18.3 Å². The highest BCUT2D eigenvalue weighted by Gasteiger charge is 2.09. The van der Waals surface area contributed by atoms with E-state index >= 15 is 0 Å². The molecule has 5 heteroatoms. The van der Waals surface area contributed by atoms with Crippen LogP contribution in [0.2, 0.25) is 0 Å². The van der Waals surface area contributed by atoms with Gasteiger partial charge in [-0.25, -0.2) is 8.78 Å². The van der Waals surface area contributed by atoms with E-state index in [9.17, 15) is 13.6 Å². The SMILES string of the molecule is CC(C)OC(=O)CNc1cccc(F)c1F. The smallest absolute Gasteiger partial charge is 0.325 e. The topological polar surface area (TPSA) is 38.3 Å². The fraction of sp³-hybridized carbons (Fsp3) is 0.364. The van der Waals surface area contributed by atoms with E-state index in [-0.39, 0.29) is 18.3 Å². The van der Waals surface area contributed by atoms with Gasteiger partial charge < -0.3 is 10.1 Å². The van der Waals surface area contributed by atoms with Crippen molar-refractivity contribution >= 4 is 11.7 Å². The van der Waals surface area contributed by atoms with Gasteiger partial charge in [0.25, 0.3) is 0 Å². The molecule has 0 spiro atoms. The molecule has 0 bridgehead atoms. The number of anilines is 1. The predicted molar refractivity (Wildman–Crippen MR) is 56.1 cm³/mol. The number of ether oxygens (including phenoxy) is 1. The molecule has 16 heavy (non-hydrogen) atoms. The van der Waals surface area contributed by atoms with Gasteiger partial charge in [-0.3, -0.25) is 4.79 Å². The lowest BCUT2D eigenvalue weighted by atomic mass is 10.3. The first-order valence-corrected chi connectivity index (χ1v) is 4.88. The highest BCUT2D eigenvalue weighted by molar-refractivity contribution is 5.75. The van der Waals surface area contributed by atoms with Crippen LogP contribution in [0.4, 0.5) is 14.5 Å². The Labute approximate surface area is 92.4 Å². The standard InChI is InChI=1S/C11H13F2NO2/c1-7(2)16-10(15)6-14-9-5-3-4-8(12)11(9)13/h3-5,7,14H,6H2,1-2H3. The molecule has 0 saturated heterocycles. The Hall–Kier alpha value is -1.65. The van der Waals surface area contributed by atoms with Crippen LogP contribution in [0, 0.1) is 11.6 Å². The fourth-order valence-electron chi connectivity index (χ4n) is 1.11. The minimum absolute atomic E-state index is 0.0549. The van der Waals surface area contributed by atoms with Gasteiger partial charge in [-0.2, -0.15) is 0 Å². The first-order valence-electron chi connectivity index (χ1n) is 4.88. The molecule has 1 aromatic carbocycles. The van der Waals surface area contributed by atoms with Gasteiger partial charge >= 0.3 is 5.97 Å². The molecule has 0 unspecified atom stereocenters. The van der Waals surface area contributed by atoms with Crippen LogP contribution >= 0.6 is 0 Å². The third-order valence-electron chi connectivity index (χ3n) is 1.74. The minimum atomic E-state index is -1.00. The van der Waals surface area contributed by atoms with E-state index in [1.807, 2.05) is 0 Å². The van der Waals surface area contributed by atoms with Crippen molar-refractivity contribution in [3.05, 3.63) is 29.8 Å². The van der Waals surface area contributed by atoms with Crippen LogP contribution in [0.15, 0.2) is 18.2 Å². The lowest BCUT2D eigenvalue weighted by Gasteiger charge is -2.10. The summed E-state index contributed by atoms with van der Waals surface area (Å²) in [5.41, 5.74) is -0.0549. The molecule has 0 heterocycles. The number of benzene rings is 1. The Kier molecular flexibility index (Phi) is 4.22. The lowest BCUT2D eigenvalue weighted by molar-refractivity contribution is -0.145. The number of hydrogen-bond donors (Lipinski definition) is 1. The Morgan fingerprint density at radius 2 is 2.12 bits per heavy atom. The summed E-state index contributed by atoms with van der Waals surface area (Å²) >= 11 is 0. The normalized spacial score (nSPS) is 10.3. The highest BCUT2D eigenvalue weighted by Crippen LogP contribution is 2.15. The summed E-state index contributed by atoms with van der Waals surface area (Å²) in [6, 6.07) is 3.71. The first-order chi connectivity index (χ1) is 7.50. The van der Waals surface area contributed by atoms with Gasteiger partial charge in [-0.05, 0) is 26.0 Å². The van der Waals surface area contributed by atoms with Gasteiger partial charge in [0.2, 0.25) is 0 Å². The molecule has 0 fully saturated rings. The third-order valence-corrected chi connectivity index (χ3v) is 1.74. The monoisotopic (exact) mass is 229 g/mol. The second-order valence-electron chi connectivity index (χ2n) is 3.49. The van der Waals surface area contributed by atoms with E-state index in [0.29, 0.717) is 0 Å². The molecule has 3 nitrogen and oxygen atoms in total. The molecule has 88 valence electrons. The fourth-order valence-corrected chi connectivity index (χ4v) is 1.11. The van der Waals surface area contributed by atoms with Crippen molar-refractivity contribution in [2.24, 2.45) is 0 Å². The van der Waals surface area contributed by atoms with Crippen molar-refractivity contribution in [2.75, 3.05) is 11.9 Å². The summed E-state index contributed by atoms with van der Waals surface area (Å²) in [5, 5.41) is 2.47. The number of hydrogen-bond acceptors (Lipinski definition) is 3. The highest BCUT2D eigenvalue weighted by atomic mass is 19.2. The zero-order valence-corrected chi connectivity index (χ0v) is 9.09. The molecule has 0 atom stereocenters. The van der Waals surface area contributed by atoms with Crippen LogP contribution in [0.3, 0.4) is 0 Å². The third kappa shape index (κ3) is 3.49. The van der Waals surface area contributed by atoms with Crippen molar-refractivity contribution in [1.29, 1.82) is 0 Å². The summed E-state index contributed by atoms with van der Waals surface area (Å²) in [6.45, 7) is 3.22. The van der Waals surface area contributed by atoms with E-state index in [2.05, 4.69) is 5.32 Å². The van der Waals surface area contributed by atoms with Crippen molar-refractivity contribution in [1.82, 2.24) is 0 Å². The maximum absolute atomic E-state index is 13.1. The summed E-state index contributed by atoms with van der Waals surface area (Å²) in [4.78, 5) is 11.1. The zero-order chi connectivity index (χ0) is 12.1. The van der Waals surface area contributed by atoms with Gasteiger partial charge in [0.15, 0.2) is 11.6 Å². The average Bonchev–Trinajstić information content (AvgIpc) is 2.19. The van der Waals surface area contributed by atoms with E-state index in [1.54, 1.807) is 13.8 Å². The molecule has 0 aromatic heterocycles. The number of carbonyl (C=O) groups excluding carboxylic acids is 1. The number of rotatable bonds is 4. The molecule has 0 aliphatic rings. The van der Waals surface area contributed by atoms with Crippen LogP contribution in [0.25, 0.3) is 0 Å². The molecule has 0 amide bonds. The number of halogens is 2. The molecule has 1 rings (SSSR count). The average molecular weight is 229 g/mol. The number of carbonyl (C=O) groups is 1. The van der Waals surface area contributed by atoms with E-state index < -0.39 is 17.6 Å². The summed E-state index contributed by atoms with van der Waals surface area (Å²) in [5.74, 6) is -2.47. The van der Waals surface area contributed by atoms with Crippen LogP contribution in [0.1, 0.15) is 13.8 Å². The Balaban J connectivity index is 2.55. The van der Waals surface area contributed by atoms with Crippen LogP contribution in [-0.2, 0) is 9.53 Å². The summed E-state index contributed by atoms with van der Waals surface area (Å²) in [6.07, 6.45) is -0.230. The first kappa shape index (κ1) is 12.4. The quantitative estimate of drug-likeness (QED) is 0.805. The molecule has 0 saturated carbocycles. The maximum atomic E-state index is 13.1. The summed E-state index contributed by atoms with van der Waals surface area (Å²) < 4.78 is 30.7. The largest absolute Gasteiger partial charge is 0.462 e. The Morgan fingerprint density at radius 1 is 1.44 bits per heavy atom. The van der Waals surface area contributed by atoms with Gasteiger partial charge in [-0.1, -0.05) is 6.07 Å². The van der Waals surface area contributed by atoms with E-state index in [1.165, 1.54) is 12.1 Å². The molecular formula is C11H13F2NO2. The lowest BCUT2D eigenvalue weighted by Crippen LogP contribution is -2.20. The van der Waals surface area contributed by atoms with E-state index in [0.717, 1.165) is 6.07 Å². The van der Waals surface area contributed by atoms with Gasteiger partial charge in [0.1, 0.15) is 6.54 Å². The molecule has 0 radical (unpaired) electrons. The molecular weight excluding hydrogens is 216 g/mol. The Morgan fingerprint density at radius 3 is 2.75 bits per heavy atom. The van der Waals surface area contributed by atoms with Gasteiger partial charge in [-0.15, -0.1) is 0 Å². The second kappa shape index (κ2) is 5.44. The van der Waals surface area contributed by atoms with Crippen molar-refractivity contribution in [2.45, 2.75) is 20.0 Å².